The van der Waals surface area contributed by atoms with Gasteiger partial charge in [0.25, 0.3) is 0 Å². The lowest BCUT2D eigenvalue weighted by molar-refractivity contribution is 0.112. The van der Waals surface area contributed by atoms with Crippen LogP contribution in [-0.2, 0) is 0 Å². The topological polar surface area (TPSA) is 26.3 Å². The summed E-state index contributed by atoms with van der Waals surface area (Å²) in [7, 11) is 0. The van der Waals surface area contributed by atoms with Gasteiger partial charge in [-0.1, -0.05) is 33.1 Å². The van der Waals surface area contributed by atoms with Crippen LogP contribution in [0.5, 0.6) is 5.75 Å². The minimum atomic E-state index is 0.689. The van der Waals surface area contributed by atoms with Crippen molar-refractivity contribution in [1.29, 1.82) is 0 Å². The highest BCUT2D eigenvalue weighted by atomic mass is 16.5. The zero-order chi connectivity index (χ0) is 12.5. The molecule has 0 aliphatic heterocycles. The minimum absolute atomic E-state index is 0.689. The SMILES string of the molecule is CC(C)CCCCCOc1ccc(C=O)cc1. The molecule has 1 aromatic rings. The average Bonchev–Trinajstić information content (AvgIpc) is 2.34. The van der Waals surface area contributed by atoms with Crippen LogP contribution >= 0.6 is 0 Å². The Morgan fingerprint density at radius 3 is 2.41 bits per heavy atom. The van der Waals surface area contributed by atoms with Gasteiger partial charge < -0.3 is 4.74 Å². The number of aldehydes is 1. The second kappa shape index (κ2) is 7.88. The van der Waals surface area contributed by atoms with Gasteiger partial charge in [0.2, 0.25) is 0 Å². The Balaban J connectivity index is 2.11. The second-order valence-corrected chi connectivity index (χ2v) is 4.78. The molecule has 2 nitrogen and oxygen atoms in total. The van der Waals surface area contributed by atoms with E-state index in [2.05, 4.69) is 13.8 Å². The standard InChI is InChI=1S/C15H22O2/c1-13(2)6-4-3-5-11-17-15-9-7-14(12-16)8-10-15/h7-10,12-13H,3-6,11H2,1-2H3. The number of hydrogen-bond donors (Lipinski definition) is 0. The van der Waals surface area contributed by atoms with E-state index in [1.807, 2.05) is 12.1 Å². The molecule has 94 valence electrons. The van der Waals surface area contributed by atoms with E-state index < -0.39 is 0 Å². The summed E-state index contributed by atoms with van der Waals surface area (Å²) in [5, 5.41) is 0. The Morgan fingerprint density at radius 2 is 1.82 bits per heavy atom. The van der Waals surface area contributed by atoms with E-state index in [0.29, 0.717) is 5.56 Å². The van der Waals surface area contributed by atoms with Crippen molar-refractivity contribution in [1.82, 2.24) is 0 Å². The second-order valence-electron chi connectivity index (χ2n) is 4.78. The fourth-order valence-electron chi connectivity index (χ4n) is 1.66. The number of carbonyl (C=O) groups excluding carboxylic acids is 1. The third kappa shape index (κ3) is 6.10. The Hall–Kier alpha value is -1.31. The fourth-order valence-corrected chi connectivity index (χ4v) is 1.66. The van der Waals surface area contributed by atoms with Crippen molar-refractivity contribution in [2.24, 2.45) is 5.92 Å². The first-order valence-corrected chi connectivity index (χ1v) is 6.40. The number of ether oxygens (including phenoxy) is 1. The molecule has 17 heavy (non-hydrogen) atoms. The van der Waals surface area contributed by atoms with Gasteiger partial charge in [0, 0.05) is 5.56 Å². The first-order chi connectivity index (χ1) is 8.22. The van der Waals surface area contributed by atoms with Crippen molar-refractivity contribution >= 4 is 6.29 Å². The predicted octanol–water partition coefficient (Wildman–Crippen LogP) is 4.09. The summed E-state index contributed by atoms with van der Waals surface area (Å²) in [6.45, 7) is 5.27. The van der Waals surface area contributed by atoms with E-state index in [1.54, 1.807) is 12.1 Å². The van der Waals surface area contributed by atoms with Crippen LogP contribution in [0.4, 0.5) is 0 Å². The molecule has 0 aromatic heterocycles. The number of benzene rings is 1. The lowest BCUT2D eigenvalue weighted by Gasteiger charge is -2.07. The molecule has 0 bridgehead atoms. The molecule has 0 unspecified atom stereocenters. The van der Waals surface area contributed by atoms with Crippen LogP contribution in [0.3, 0.4) is 0 Å². The molecule has 0 fully saturated rings. The molecular formula is C15H22O2. The van der Waals surface area contributed by atoms with Gasteiger partial charge in [0.1, 0.15) is 12.0 Å². The summed E-state index contributed by atoms with van der Waals surface area (Å²) in [6, 6.07) is 7.25. The lowest BCUT2D eigenvalue weighted by atomic mass is 10.1. The van der Waals surface area contributed by atoms with Crippen molar-refractivity contribution in [2.75, 3.05) is 6.61 Å². The predicted molar refractivity (Wildman–Crippen MR) is 70.6 cm³/mol. The van der Waals surface area contributed by atoms with E-state index in [1.165, 1.54) is 19.3 Å². The van der Waals surface area contributed by atoms with Crippen LogP contribution in [-0.4, -0.2) is 12.9 Å². The van der Waals surface area contributed by atoms with Crippen LogP contribution < -0.4 is 4.74 Å². The molecule has 0 radical (unpaired) electrons. The molecule has 0 atom stereocenters. The first kappa shape index (κ1) is 13.8. The maximum absolute atomic E-state index is 10.5. The molecule has 1 rings (SSSR count). The van der Waals surface area contributed by atoms with Gasteiger partial charge >= 0.3 is 0 Å². The summed E-state index contributed by atoms with van der Waals surface area (Å²) in [5.74, 6) is 1.64. The van der Waals surface area contributed by atoms with Crippen LogP contribution in [0, 0.1) is 5.92 Å². The Bertz CT molecular complexity index is 314. The zero-order valence-corrected chi connectivity index (χ0v) is 10.8. The smallest absolute Gasteiger partial charge is 0.150 e. The van der Waals surface area contributed by atoms with Crippen LogP contribution in [0.2, 0.25) is 0 Å². The highest BCUT2D eigenvalue weighted by Crippen LogP contribution is 2.12. The van der Waals surface area contributed by atoms with E-state index >= 15 is 0 Å². The molecule has 0 aliphatic rings. The molecular weight excluding hydrogens is 212 g/mol. The van der Waals surface area contributed by atoms with Gasteiger partial charge in [0.05, 0.1) is 6.61 Å². The van der Waals surface area contributed by atoms with Crippen LogP contribution in [0.25, 0.3) is 0 Å². The summed E-state index contributed by atoms with van der Waals surface area (Å²) < 4.78 is 5.60. The minimum Gasteiger partial charge on any atom is -0.494 e. The van der Waals surface area contributed by atoms with Crippen LogP contribution in [0.15, 0.2) is 24.3 Å². The number of hydrogen-bond acceptors (Lipinski definition) is 2. The molecule has 0 heterocycles. The number of rotatable bonds is 8. The van der Waals surface area contributed by atoms with E-state index in [0.717, 1.165) is 31.0 Å². The molecule has 2 heteroatoms. The van der Waals surface area contributed by atoms with Gasteiger partial charge in [-0.25, -0.2) is 0 Å². The fraction of sp³-hybridized carbons (Fsp3) is 0.533. The van der Waals surface area contributed by atoms with E-state index in [-0.39, 0.29) is 0 Å². The highest BCUT2D eigenvalue weighted by Gasteiger charge is 1.96. The van der Waals surface area contributed by atoms with Crippen LogP contribution in [0.1, 0.15) is 49.9 Å². The van der Waals surface area contributed by atoms with Crippen molar-refractivity contribution in [3.05, 3.63) is 29.8 Å². The van der Waals surface area contributed by atoms with Crippen molar-refractivity contribution in [3.8, 4) is 5.75 Å². The zero-order valence-electron chi connectivity index (χ0n) is 10.8. The summed E-state index contributed by atoms with van der Waals surface area (Å²) in [4.78, 5) is 10.5. The monoisotopic (exact) mass is 234 g/mol. The summed E-state index contributed by atoms with van der Waals surface area (Å²) in [6.07, 6.45) is 5.75. The Kier molecular flexibility index (Phi) is 6.38. The van der Waals surface area contributed by atoms with Gasteiger partial charge in [-0.2, -0.15) is 0 Å². The quantitative estimate of drug-likeness (QED) is 0.500. The van der Waals surface area contributed by atoms with Gasteiger partial charge in [-0.3, -0.25) is 4.79 Å². The highest BCUT2D eigenvalue weighted by molar-refractivity contribution is 5.74. The van der Waals surface area contributed by atoms with E-state index in [9.17, 15) is 4.79 Å². The van der Waals surface area contributed by atoms with Gasteiger partial charge in [0.15, 0.2) is 0 Å². The number of carbonyl (C=O) groups is 1. The van der Waals surface area contributed by atoms with Gasteiger partial charge in [-0.05, 0) is 36.6 Å². The maximum Gasteiger partial charge on any atom is 0.150 e. The molecule has 0 saturated heterocycles. The largest absolute Gasteiger partial charge is 0.494 e. The Morgan fingerprint density at radius 1 is 1.12 bits per heavy atom. The van der Waals surface area contributed by atoms with E-state index in [4.69, 9.17) is 4.74 Å². The molecule has 0 N–H and O–H groups in total. The van der Waals surface area contributed by atoms with Crippen molar-refractivity contribution in [3.63, 3.8) is 0 Å². The third-order valence-electron chi connectivity index (χ3n) is 2.71. The average molecular weight is 234 g/mol. The summed E-state index contributed by atoms with van der Waals surface area (Å²) >= 11 is 0. The lowest BCUT2D eigenvalue weighted by Crippen LogP contribution is -1.98. The third-order valence-corrected chi connectivity index (χ3v) is 2.71. The maximum atomic E-state index is 10.5. The summed E-state index contributed by atoms with van der Waals surface area (Å²) in [5.41, 5.74) is 0.689. The molecule has 0 spiro atoms. The van der Waals surface area contributed by atoms with Crippen molar-refractivity contribution < 1.29 is 9.53 Å². The molecule has 0 saturated carbocycles. The normalized spacial score (nSPS) is 10.5. The van der Waals surface area contributed by atoms with Gasteiger partial charge in [-0.15, -0.1) is 0 Å². The Labute approximate surface area is 104 Å². The molecule has 0 amide bonds. The number of unbranched alkanes of at least 4 members (excludes halogenated alkanes) is 2. The molecule has 0 aliphatic carbocycles. The molecule has 1 aromatic carbocycles. The first-order valence-electron chi connectivity index (χ1n) is 6.40. The van der Waals surface area contributed by atoms with Crippen molar-refractivity contribution in [2.45, 2.75) is 39.5 Å².